The van der Waals surface area contributed by atoms with Crippen molar-refractivity contribution in [2.75, 3.05) is 26.2 Å². The van der Waals surface area contributed by atoms with Crippen molar-refractivity contribution in [3.63, 3.8) is 0 Å². The number of amides is 2. The van der Waals surface area contributed by atoms with Crippen LogP contribution in [0, 0.1) is 5.92 Å². The number of nitrogens with zero attached hydrogens (tertiary/aromatic N) is 5. The van der Waals surface area contributed by atoms with Gasteiger partial charge in [-0.1, -0.05) is 19.3 Å². The molecule has 4 rings (SSSR count). The highest BCUT2D eigenvalue weighted by Crippen LogP contribution is 2.28. The number of carbonyl (C=O) groups is 2. The molecule has 0 aromatic carbocycles. The molecule has 3 heterocycles. The summed E-state index contributed by atoms with van der Waals surface area (Å²) >= 11 is 0. The highest BCUT2D eigenvalue weighted by molar-refractivity contribution is 5.79. The first-order valence-corrected chi connectivity index (χ1v) is 10.6. The number of rotatable bonds is 2. The zero-order chi connectivity index (χ0) is 18.8. The lowest BCUT2D eigenvalue weighted by Gasteiger charge is -2.32. The molecule has 1 saturated carbocycles. The van der Waals surface area contributed by atoms with Gasteiger partial charge in [-0.05, 0) is 25.7 Å². The van der Waals surface area contributed by atoms with E-state index in [1.165, 1.54) is 19.3 Å². The Hall–Kier alpha value is -1.92. The molecule has 1 saturated heterocycles. The van der Waals surface area contributed by atoms with Crippen molar-refractivity contribution in [2.45, 2.75) is 70.8 Å². The molecule has 0 bridgehead atoms. The van der Waals surface area contributed by atoms with Crippen molar-refractivity contribution in [3.8, 4) is 0 Å². The maximum Gasteiger partial charge on any atom is 0.225 e. The van der Waals surface area contributed by atoms with Crippen LogP contribution in [0.2, 0.25) is 0 Å². The van der Waals surface area contributed by atoms with Gasteiger partial charge in [0.15, 0.2) is 0 Å². The van der Waals surface area contributed by atoms with Gasteiger partial charge in [-0.3, -0.25) is 9.59 Å². The van der Waals surface area contributed by atoms with Gasteiger partial charge >= 0.3 is 0 Å². The average Bonchev–Trinajstić information content (AvgIpc) is 2.99. The van der Waals surface area contributed by atoms with Gasteiger partial charge < -0.3 is 14.4 Å². The Morgan fingerprint density at radius 1 is 0.889 bits per heavy atom. The highest BCUT2D eigenvalue weighted by atomic mass is 16.2. The third-order valence-corrected chi connectivity index (χ3v) is 6.55. The third-order valence-electron chi connectivity index (χ3n) is 6.55. The van der Waals surface area contributed by atoms with E-state index in [1.807, 2.05) is 4.90 Å². The monoisotopic (exact) mass is 373 g/mol. The molecule has 0 radical (unpaired) electrons. The van der Waals surface area contributed by atoms with Crippen LogP contribution in [-0.2, 0) is 22.6 Å². The predicted octanol–water partition coefficient (Wildman–Crippen LogP) is 1.97. The van der Waals surface area contributed by atoms with E-state index in [9.17, 15) is 9.59 Å². The van der Waals surface area contributed by atoms with Crippen LogP contribution in [0.1, 0.15) is 69.4 Å². The first-order valence-electron chi connectivity index (χ1n) is 10.6. The number of fused-ring (bicyclic) bond motifs is 1. The van der Waals surface area contributed by atoms with Gasteiger partial charge in [0.2, 0.25) is 11.8 Å². The van der Waals surface area contributed by atoms with E-state index >= 15 is 0 Å². The van der Waals surface area contributed by atoms with Crippen molar-refractivity contribution in [1.82, 2.24) is 24.6 Å². The van der Waals surface area contributed by atoms with Crippen molar-refractivity contribution in [3.05, 3.63) is 11.6 Å². The number of hydrogen-bond acceptors (Lipinski definition) is 4. The summed E-state index contributed by atoms with van der Waals surface area (Å²) < 4.78 is 2.22. The van der Waals surface area contributed by atoms with Gasteiger partial charge in [-0.15, -0.1) is 10.2 Å². The molecule has 1 aromatic rings. The van der Waals surface area contributed by atoms with E-state index in [4.69, 9.17) is 0 Å². The van der Waals surface area contributed by atoms with Crippen LogP contribution in [0.25, 0.3) is 0 Å². The molecular formula is C20H31N5O2. The normalized spacial score (nSPS) is 24.4. The number of likely N-dealkylation sites (tertiary alicyclic amines) is 1. The predicted molar refractivity (Wildman–Crippen MR) is 101 cm³/mol. The summed E-state index contributed by atoms with van der Waals surface area (Å²) in [6, 6.07) is 0. The van der Waals surface area contributed by atoms with Crippen molar-refractivity contribution >= 4 is 11.8 Å². The minimum absolute atomic E-state index is 0.138. The highest BCUT2D eigenvalue weighted by Gasteiger charge is 2.31. The number of carbonyl (C=O) groups excluding carboxylic acids is 2. The summed E-state index contributed by atoms with van der Waals surface area (Å²) in [6.45, 7) is 5.48. The molecule has 27 heavy (non-hydrogen) atoms. The fourth-order valence-electron chi connectivity index (χ4n) is 4.95. The lowest BCUT2D eigenvalue weighted by atomic mass is 9.88. The SMILES string of the molecule is CC(=O)N1CCC[C@H](c2nnc3n2CCN(C(=O)C2CCCCC2)CC3)C1. The third kappa shape index (κ3) is 3.87. The minimum atomic E-state index is 0.138. The summed E-state index contributed by atoms with van der Waals surface area (Å²) in [4.78, 5) is 28.7. The van der Waals surface area contributed by atoms with Gasteiger partial charge in [0, 0.05) is 57.9 Å². The number of aromatic nitrogens is 3. The van der Waals surface area contributed by atoms with Crippen LogP contribution in [0.3, 0.4) is 0 Å². The minimum Gasteiger partial charge on any atom is -0.342 e. The zero-order valence-corrected chi connectivity index (χ0v) is 16.4. The van der Waals surface area contributed by atoms with E-state index < -0.39 is 0 Å². The van der Waals surface area contributed by atoms with Gasteiger partial charge in [-0.2, -0.15) is 0 Å². The van der Waals surface area contributed by atoms with Crippen LogP contribution < -0.4 is 0 Å². The molecule has 1 aromatic heterocycles. The fraction of sp³-hybridized carbons (Fsp3) is 0.800. The molecule has 1 aliphatic carbocycles. The quantitative estimate of drug-likeness (QED) is 0.795. The van der Waals surface area contributed by atoms with E-state index in [-0.39, 0.29) is 17.7 Å². The number of piperidine rings is 1. The smallest absolute Gasteiger partial charge is 0.225 e. The molecule has 7 heteroatoms. The first kappa shape index (κ1) is 18.4. The van der Waals surface area contributed by atoms with Crippen molar-refractivity contribution in [1.29, 1.82) is 0 Å². The molecule has 2 fully saturated rings. The summed E-state index contributed by atoms with van der Waals surface area (Å²) in [5.41, 5.74) is 0. The Bertz CT molecular complexity index is 695. The van der Waals surface area contributed by atoms with Gasteiger partial charge in [0.1, 0.15) is 11.6 Å². The molecule has 2 amide bonds. The van der Waals surface area contributed by atoms with Crippen LogP contribution in [0.15, 0.2) is 0 Å². The standard InChI is InChI=1S/C20H31N5O2/c1-15(26)24-10-5-8-17(14-24)19-22-21-18-9-11-23(12-13-25(18)19)20(27)16-6-3-2-4-7-16/h16-17H,2-14H2,1H3/t17-/m0/s1. The maximum atomic E-state index is 12.9. The number of hydrogen-bond donors (Lipinski definition) is 0. The van der Waals surface area contributed by atoms with Gasteiger partial charge in [0.25, 0.3) is 0 Å². The van der Waals surface area contributed by atoms with E-state index in [0.717, 1.165) is 76.5 Å². The molecule has 0 unspecified atom stereocenters. The zero-order valence-electron chi connectivity index (χ0n) is 16.4. The van der Waals surface area contributed by atoms with Crippen LogP contribution in [0.5, 0.6) is 0 Å². The Kier molecular flexibility index (Phi) is 5.45. The Morgan fingerprint density at radius 3 is 2.48 bits per heavy atom. The largest absolute Gasteiger partial charge is 0.342 e. The Labute approximate surface area is 161 Å². The average molecular weight is 374 g/mol. The molecular weight excluding hydrogens is 342 g/mol. The summed E-state index contributed by atoms with van der Waals surface area (Å²) in [5, 5.41) is 8.93. The van der Waals surface area contributed by atoms with Gasteiger partial charge in [0.05, 0.1) is 0 Å². The lowest BCUT2D eigenvalue weighted by molar-refractivity contribution is -0.136. The molecule has 0 spiro atoms. The second-order valence-electron chi connectivity index (χ2n) is 8.34. The Balaban J connectivity index is 1.44. The summed E-state index contributed by atoms with van der Waals surface area (Å²) in [7, 11) is 0. The molecule has 1 atom stereocenters. The van der Waals surface area contributed by atoms with Gasteiger partial charge in [-0.25, -0.2) is 0 Å². The first-order chi connectivity index (χ1) is 13.1. The van der Waals surface area contributed by atoms with Crippen molar-refractivity contribution < 1.29 is 9.59 Å². The molecule has 2 aliphatic heterocycles. The van der Waals surface area contributed by atoms with Crippen LogP contribution >= 0.6 is 0 Å². The molecule has 148 valence electrons. The van der Waals surface area contributed by atoms with Crippen molar-refractivity contribution in [2.24, 2.45) is 5.92 Å². The van der Waals surface area contributed by atoms with E-state index in [2.05, 4.69) is 19.7 Å². The topological polar surface area (TPSA) is 71.3 Å². The van der Waals surface area contributed by atoms with E-state index in [0.29, 0.717) is 5.91 Å². The second kappa shape index (κ2) is 7.98. The second-order valence-corrected chi connectivity index (χ2v) is 8.34. The molecule has 0 N–H and O–H groups in total. The summed E-state index contributed by atoms with van der Waals surface area (Å²) in [5.74, 6) is 2.95. The van der Waals surface area contributed by atoms with E-state index in [1.54, 1.807) is 6.92 Å². The van der Waals surface area contributed by atoms with Crippen LogP contribution in [0.4, 0.5) is 0 Å². The molecule has 3 aliphatic rings. The Morgan fingerprint density at radius 2 is 1.70 bits per heavy atom. The summed E-state index contributed by atoms with van der Waals surface area (Å²) in [6.07, 6.45) is 8.58. The molecule has 7 nitrogen and oxygen atoms in total. The maximum absolute atomic E-state index is 12.9. The lowest BCUT2D eigenvalue weighted by Crippen LogP contribution is -2.39. The fourth-order valence-corrected chi connectivity index (χ4v) is 4.95. The van der Waals surface area contributed by atoms with Crippen LogP contribution in [-0.4, -0.2) is 62.6 Å².